The van der Waals surface area contributed by atoms with Crippen molar-refractivity contribution in [1.29, 1.82) is 0 Å². The summed E-state index contributed by atoms with van der Waals surface area (Å²) in [5, 5.41) is 13.0. The zero-order valence-electron chi connectivity index (χ0n) is 19.3. The van der Waals surface area contributed by atoms with Gasteiger partial charge in [0.05, 0.1) is 21.0 Å². The number of rotatable bonds is 5. The topological polar surface area (TPSA) is 86.2 Å². The molecular weight excluding hydrogens is 484 g/mol. The lowest BCUT2D eigenvalue weighted by Gasteiger charge is -2.17. The Labute approximate surface area is 215 Å². The molecule has 37 heavy (non-hydrogen) atoms. The van der Waals surface area contributed by atoms with Gasteiger partial charge < -0.3 is 4.42 Å². The quantitative estimate of drug-likeness (QED) is 0.136. The number of para-hydroxylation sites is 2. The number of fused-ring (bicyclic) bond motifs is 2. The second kappa shape index (κ2) is 9.37. The van der Waals surface area contributed by atoms with Crippen molar-refractivity contribution in [2.45, 2.75) is 9.79 Å². The van der Waals surface area contributed by atoms with Gasteiger partial charge in [-0.1, -0.05) is 78.5 Å². The molecule has 0 saturated heterocycles. The second-order valence-corrected chi connectivity index (χ2v) is 9.44. The number of nitro groups is 1. The van der Waals surface area contributed by atoms with Crippen LogP contribution in [0.5, 0.6) is 0 Å². The molecule has 178 valence electrons. The van der Waals surface area contributed by atoms with E-state index < -0.39 is 10.5 Å². The van der Waals surface area contributed by atoms with E-state index >= 15 is 0 Å². The molecule has 0 atom stereocenters. The molecule has 0 radical (unpaired) electrons. The molecule has 2 aromatic heterocycles. The normalized spacial score (nSPS) is 11.1. The van der Waals surface area contributed by atoms with Crippen LogP contribution in [-0.2, 0) is 0 Å². The van der Waals surface area contributed by atoms with Crippen LogP contribution in [0.2, 0.25) is 0 Å². The minimum absolute atomic E-state index is 0.00259. The molecule has 6 rings (SSSR count). The first-order chi connectivity index (χ1) is 18.1. The molecule has 0 aliphatic heterocycles. The molecule has 6 aromatic rings. The number of non-ortho nitro benzene ring substituents is 1. The van der Waals surface area contributed by atoms with Gasteiger partial charge in [0.15, 0.2) is 0 Å². The van der Waals surface area contributed by atoms with E-state index in [2.05, 4.69) is 0 Å². The third kappa shape index (κ3) is 4.26. The van der Waals surface area contributed by atoms with Gasteiger partial charge in [-0.2, -0.15) is 0 Å². The van der Waals surface area contributed by atoms with Crippen molar-refractivity contribution >= 4 is 39.3 Å². The summed E-state index contributed by atoms with van der Waals surface area (Å²) in [6.07, 6.45) is 0. The van der Waals surface area contributed by atoms with Crippen LogP contribution in [0.1, 0.15) is 0 Å². The van der Waals surface area contributed by atoms with E-state index in [1.54, 1.807) is 18.2 Å². The Balaban J connectivity index is 1.66. The highest BCUT2D eigenvalue weighted by Gasteiger charge is 2.21. The maximum Gasteiger partial charge on any atom is 0.350 e. The SMILES string of the molecule is O=c1oc2ccccc2cc1Sc1c(-c2ccc([N+](=O)[O-])cc2)nc2ccccc2c1-c1ccccc1. The molecule has 0 saturated carbocycles. The van der Waals surface area contributed by atoms with Crippen LogP contribution in [0.4, 0.5) is 5.69 Å². The van der Waals surface area contributed by atoms with Crippen molar-refractivity contribution in [3.63, 3.8) is 0 Å². The van der Waals surface area contributed by atoms with Crippen molar-refractivity contribution in [2.24, 2.45) is 0 Å². The summed E-state index contributed by atoms with van der Waals surface area (Å²) in [6, 6.07) is 33.3. The molecule has 4 aromatic carbocycles. The predicted octanol–water partition coefficient (Wildman–Crippen LogP) is 7.73. The van der Waals surface area contributed by atoms with Gasteiger partial charge >= 0.3 is 5.63 Å². The third-order valence-electron chi connectivity index (χ3n) is 6.08. The Kier molecular flexibility index (Phi) is 5.75. The summed E-state index contributed by atoms with van der Waals surface area (Å²) in [5.74, 6) is 0. The van der Waals surface area contributed by atoms with Crippen molar-refractivity contribution in [3.05, 3.63) is 130 Å². The van der Waals surface area contributed by atoms with Gasteiger partial charge in [-0.25, -0.2) is 9.78 Å². The van der Waals surface area contributed by atoms with Gasteiger partial charge in [0.25, 0.3) is 5.69 Å². The number of pyridine rings is 1. The van der Waals surface area contributed by atoms with Crippen LogP contribution < -0.4 is 5.63 Å². The molecule has 0 amide bonds. The number of nitro benzene ring substituents is 1. The summed E-state index contributed by atoms with van der Waals surface area (Å²) < 4.78 is 5.61. The standard InChI is InChI=1S/C30H18N2O4S/c33-30-26(18-21-10-4-7-13-25(21)36-30)37-29-27(19-8-2-1-3-9-19)23-11-5-6-12-24(23)31-28(29)20-14-16-22(17-15-20)32(34)35/h1-18H. The van der Waals surface area contributed by atoms with Crippen molar-refractivity contribution < 1.29 is 9.34 Å². The zero-order valence-corrected chi connectivity index (χ0v) is 20.1. The summed E-state index contributed by atoms with van der Waals surface area (Å²) in [6.45, 7) is 0. The lowest BCUT2D eigenvalue weighted by molar-refractivity contribution is -0.384. The largest absolute Gasteiger partial charge is 0.422 e. The molecule has 2 heterocycles. The van der Waals surface area contributed by atoms with Gasteiger partial charge in [-0.15, -0.1) is 0 Å². The maximum absolute atomic E-state index is 13.0. The van der Waals surface area contributed by atoms with E-state index in [0.29, 0.717) is 21.7 Å². The molecular formula is C30H18N2O4S. The highest BCUT2D eigenvalue weighted by atomic mass is 32.2. The van der Waals surface area contributed by atoms with Crippen LogP contribution in [0, 0.1) is 10.1 Å². The fraction of sp³-hybridized carbons (Fsp3) is 0. The fourth-order valence-electron chi connectivity index (χ4n) is 4.35. The van der Waals surface area contributed by atoms with Crippen molar-refractivity contribution in [2.75, 3.05) is 0 Å². The molecule has 7 heteroatoms. The number of hydrogen-bond donors (Lipinski definition) is 0. The second-order valence-electron chi connectivity index (χ2n) is 8.39. The molecule has 0 N–H and O–H groups in total. The molecule has 0 unspecified atom stereocenters. The highest BCUT2D eigenvalue weighted by molar-refractivity contribution is 7.99. The predicted molar refractivity (Wildman–Crippen MR) is 146 cm³/mol. The smallest absolute Gasteiger partial charge is 0.350 e. The van der Waals surface area contributed by atoms with Gasteiger partial charge in [0.2, 0.25) is 0 Å². The Morgan fingerprint density at radius 1 is 0.784 bits per heavy atom. The van der Waals surface area contributed by atoms with E-state index in [0.717, 1.165) is 32.3 Å². The summed E-state index contributed by atoms with van der Waals surface area (Å²) in [4.78, 5) is 30.0. The summed E-state index contributed by atoms with van der Waals surface area (Å²) in [7, 11) is 0. The third-order valence-corrected chi connectivity index (χ3v) is 7.19. The lowest BCUT2D eigenvalue weighted by atomic mass is 9.98. The number of hydrogen-bond acceptors (Lipinski definition) is 6. The molecule has 6 nitrogen and oxygen atoms in total. The number of benzene rings is 4. The number of aromatic nitrogens is 1. The van der Waals surface area contributed by atoms with Gasteiger partial charge in [-0.05, 0) is 35.9 Å². The monoisotopic (exact) mass is 502 g/mol. The summed E-state index contributed by atoms with van der Waals surface area (Å²) in [5.41, 5.74) is 4.10. The van der Waals surface area contributed by atoms with Crippen LogP contribution in [0.25, 0.3) is 44.3 Å². The molecule has 0 bridgehead atoms. The first-order valence-electron chi connectivity index (χ1n) is 11.5. The fourth-order valence-corrected chi connectivity index (χ4v) is 5.47. The van der Waals surface area contributed by atoms with Gasteiger partial charge in [0, 0.05) is 38.9 Å². The van der Waals surface area contributed by atoms with E-state index in [4.69, 9.17) is 9.40 Å². The Bertz CT molecular complexity index is 1850. The lowest BCUT2D eigenvalue weighted by Crippen LogP contribution is -2.03. The molecule has 0 aliphatic carbocycles. The molecule has 0 fully saturated rings. The average Bonchev–Trinajstić information content (AvgIpc) is 2.93. The van der Waals surface area contributed by atoms with Gasteiger partial charge in [0.1, 0.15) is 5.58 Å². The van der Waals surface area contributed by atoms with Crippen molar-refractivity contribution in [1.82, 2.24) is 4.98 Å². The van der Waals surface area contributed by atoms with Crippen LogP contribution in [-0.4, -0.2) is 9.91 Å². The highest BCUT2D eigenvalue weighted by Crippen LogP contribution is 2.45. The zero-order chi connectivity index (χ0) is 25.4. The average molecular weight is 503 g/mol. The van der Waals surface area contributed by atoms with Crippen molar-refractivity contribution in [3.8, 4) is 22.4 Å². The number of nitrogens with zero attached hydrogens (tertiary/aromatic N) is 2. The Morgan fingerprint density at radius 2 is 1.49 bits per heavy atom. The van der Waals surface area contributed by atoms with E-state index in [1.165, 1.54) is 23.9 Å². The first kappa shape index (κ1) is 22.7. The van der Waals surface area contributed by atoms with Crippen LogP contribution in [0.15, 0.2) is 128 Å². The minimum Gasteiger partial charge on any atom is -0.422 e. The van der Waals surface area contributed by atoms with E-state index in [-0.39, 0.29) is 5.69 Å². The minimum atomic E-state index is -0.439. The van der Waals surface area contributed by atoms with Crippen LogP contribution in [0.3, 0.4) is 0 Å². The van der Waals surface area contributed by atoms with E-state index in [1.807, 2.05) is 78.9 Å². The van der Waals surface area contributed by atoms with Gasteiger partial charge in [-0.3, -0.25) is 10.1 Å². The summed E-state index contributed by atoms with van der Waals surface area (Å²) >= 11 is 1.29. The maximum atomic E-state index is 13.0. The Hall–Kier alpha value is -4.75. The first-order valence-corrected chi connectivity index (χ1v) is 12.3. The molecule has 0 spiro atoms. The van der Waals surface area contributed by atoms with Crippen LogP contribution >= 0.6 is 11.8 Å². The molecule has 0 aliphatic rings. The van der Waals surface area contributed by atoms with E-state index in [9.17, 15) is 14.9 Å². The Morgan fingerprint density at radius 3 is 2.27 bits per heavy atom.